The van der Waals surface area contributed by atoms with Crippen molar-refractivity contribution in [3.63, 3.8) is 0 Å². The predicted molar refractivity (Wildman–Crippen MR) is 116 cm³/mol. The fourth-order valence-electron chi connectivity index (χ4n) is 3.86. The highest BCUT2D eigenvalue weighted by Crippen LogP contribution is 2.32. The van der Waals surface area contributed by atoms with Gasteiger partial charge in [0.2, 0.25) is 0 Å². The van der Waals surface area contributed by atoms with Gasteiger partial charge in [0.25, 0.3) is 11.5 Å². The number of ether oxygens (including phenoxy) is 2. The number of fused-ring (bicyclic) bond motifs is 1. The number of methoxy groups -OCH3 is 2. The minimum atomic E-state index is -0.631. The first kappa shape index (κ1) is 20.4. The molecule has 4 rings (SSSR count). The van der Waals surface area contributed by atoms with Gasteiger partial charge in [-0.1, -0.05) is 30.3 Å². The number of nitrogens with one attached hydrogen (secondary N) is 2. The summed E-state index contributed by atoms with van der Waals surface area (Å²) in [6.07, 6.45) is 0.861. The molecular formula is C24H22N2O5. The van der Waals surface area contributed by atoms with Crippen molar-refractivity contribution in [2.75, 3.05) is 19.5 Å². The van der Waals surface area contributed by atoms with E-state index in [1.165, 1.54) is 20.3 Å². The van der Waals surface area contributed by atoms with Gasteiger partial charge in [0.1, 0.15) is 17.1 Å². The lowest BCUT2D eigenvalue weighted by molar-refractivity contribution is 0.0963. The molecule has 2 N–H and O–H groups in total. The number of carbonyl (C=O) groups is 2. The number of hydrogen-bond acceptors (Lipinski definition) is 5. The molecule has 0 fully saturated rings. The molecule has 1 heterocycles. The summed E-state index contributed by atoms with van der Waals surface area (Å²) in [6, 6.07) is 16.1. The number of H-pyrrole nitrogens is 1. The zero-order valence-corrected chi connectivity index (χ0v) is 17.2. The van der Waals surface area contributed by atoms with Gasteiger partial charge in [0.05, 0.1) is 19.9 Å². The number of aromatic amines is 1. The summed E-state index contributed by atoms with van der Waals surface area (Å²) in [5.74, 6) is 0.216. The van der Waals surface area contributed by atoms with Crippen molar-refractivity contribution >= 4 is 17.4 Å². The molecule has 0 spiro atoms. The molecule has 0 unspecified atom stereocenters. The number of benzene rings is 2. The Hall–Kier alpha value is -3.87. The maximum Gasteiger partial charge on any atom is 0.261 e. The molecule has 7 nitrogen and oxygen atoms in total. The molecule has 0 radical (unpaired) electrons. The summed E-state index contributed by atoms with van der Waals surface area (Å²) in [5, 5.41) is 2.67. The third kappa shape index (κ3) is 4.07. The minimum Gasteiger partial charge on any atom is -0.497 e. The highest BCUT2D eigenvalue weighted by atomic mass is 16.5. The van der Waals surface area contributed by atoms with Gasteiger partial charge in [-0.15, -0.1) is 0 Å². The first-order chi connectivity index (χ1) is 15.0. The van der Waals surface area contributed by atoms with E-state index in [-0.39, 0.29) is 17.3 Å². The second-order valence-corrected chi connectivity index (χ2v) is 7.36. The number of aromatic nitrogens is 1. The summed E-state index contributed by atoms with van der Waals surface area (Å²) in [6.45, 7) is 0. The molecule has 2 aromatic carbocycles. The lowest BCUT2D eigenvalue weighted by Crippen LogP contribution is -2.29. The number of hydrogen-bond donors (Lipinski definition) is 2. The van der Waals surface area contributed by atoms with Crippen LogP contribution in [0.15, 0.2) is 59.4 Å². The Morgan fingerprint density at radius 1 is 1.00 bits per heavy atom. The van der Waals surface area contributed by atoms with Crippen LogP contribution >= 0.6 is 0 Å². The number of pyridine rings is 1. The van der Waals surface area contributed by atoms with E-state index in [2.05, 4.69) is 10.3 Å². The molecule has 0 aliphatic heterocycles. The Labute approximate surface area is 179 Å². The SMILES string of the molecule is COc1ccc(OC)c(NC(=O)c2cc3c([nH]c2=O)C[C@H](c2ccccc2)CC3=O)c1. The van der Waals surface area contributed by atoms with E-state index in [1.54, 1.807) is 18.2 Å². The van der Waals surface area contributed by atoms with E-state index < -0.39 is 11.5 Å². The van der Waals surface area contributed by atoms with Crippen molar-refractivity contribution in [3.8, 4) is 11.5 Å². The maximum atomic E-state index is 12.8. The van der Waals surface area contributed by atoms with Gasteiger partial charge >= 0.3 is 0 Å². The van der Waals surface area contributed by atoms with Crippen LogP contribution in [0.3, 0.4) is 0 Å². The lowest BCUT2D eigenvalue weighted by atomic mass is 9.81. The van der Waals surface area contributed by atoms with E-state index in [4.69, 9.17) is 9.47 Å². The molecule has 0 saturated carbocycles. The Morgan fingerprint density at radius 3 is 2.48 bits per heavy atom. The summed E-state index contributed by atoms with van der Waals surface area (Å²) >= 11 is 0. The fraction of sp³-hybridized carbons (Fsp3) is 0.208. The Bertz CT molecular complexity index is 1200. The van der Waals surface area contributed by atoms with Gasteiger partial charge in [0, 0.05) is 23.7 Å². The van der Waals surface area contributed by atoms with Crippen LogP contribution < -0.4 is 20.3 Å². The quantitative estimate of drug-likeness (QED) is 0.660. The van der Waals surface area contributed by atoms with E-state index in [9.17, 15) is 14.4 Å². The van der Waals surface area contributed by atoms with Crippen LogP contribution in [-0.2, 0) is 6.42 Å². The zero-order chi connectivity index (χ0) is 22.0. The van der Waals surface area contributed by atoms with Crippen LogP contribution in [0.5, 0.6) is 11.5 Å². The molecular weight excluding hydrogens is 396 g/mol. The van der Waals surface area contributed by atoms with Crippen molar-refractivity contribution in [1.82, 2.24) is 4.98 Å². The van der Waals surface area contributed by atoms with E-state index >= 15 is 0 Å². The molecule has 1 aromatic heterocycles. The van der Waals surface area contributed by atoms with Gasteiger partial charge in [-0.2, -0.15) is 0 Å². The molecule has 1 amide bonds. The average molecular weight is 418 g/mol. The molecule has 1 atom stereocenters. The first-order valence-electron chi connectivity index (χ1n) is 9.88. The fourth-order valence-corrected chi connectivity index (χ4v) is 3.86. The van der Waals surface area contributed by atoms with Crippen LogP contribution in [0, 0.1) is 0 Å². The largest absolute Gasteiger partial charge is 0.497 e. The minimum absolute atomic E-state index is 0.00225. The highest BCUT2D eigenvalue weighted by Gasteiger charge is 2.29. The van der Waals surface area contributed by atoms with E-state index in [0.717, 1.165) is 5.56 Å². The van der Waals surface area contributed by atoms with Gasteiger partial charge in [0.15, 0.2) is 5.78 Å². The molecule has 1 aliphatic carbocycles. The molecule has 31 heavy (non-hydrogen) atoms. The number of carbonyl (C=O) groups excluding carboxylic acids is 2. The summed E-state index contributed by atoms with van der Waals surface area (Å²) < 4.78 is 10.4. The van der Waals surface area contributed by atoms with Gasteiger partial charge in [-0.25, -0.2) is 0 Å². The predicted octanol–water partition coefficient (Wildman–Crippen LogP) is 3.56. The monoisotopic (exact) mass is 418 g/mol. The van der Waals surface area contributed by atoms with Crippen molar-refractivity contribution in [1.29, 1.82) is 0 Å². The Morgan fingerprint density at radius 2 is 1.77 bits per heavy atom. The van der Waals surface area contributed by atoms with Crippen LogP contribution in [0.1, 0.15) is 44.3 Å². The molecule has 0 bridgehead atoms. The molecule has 0 saturated heterocycles. The normalized spacial score (nSPS) is 15.2. The molecule has 1 aliphatic rings. The molecule has 3 aromatic rings. The smallest absolute Gasteiger partial charge is 0.261 e. The zero-order valence-electron chi connectivity index (χ0n) is 17.2. The third-order valence-electron chi connectivity index (χ3n) is 5.48. The standard InChI is InChI=1S/C24H22N2O5/c1-30-16-8-9-22(31-2)20(12-16)26-24(29)18-13-17-19(25-23(18)28)10-15(11-21(17)27)14-6-4-3-5-7-14/h3-9,12-13,15H,10-11H2,1-2H3,(H,25,28)(H,26,29)/t15-/m0/s1. The maximum absolute atomic E-state index is 12.8. The molecule has 7 heteroatoms. The topological polar surface area (TPSA) is 97.5 Å². The van der Waals surface area contributed by atoms with Crippen molar-refractivity contribution in [2.24, 2.45) is 0 Å². The van der Waals surface area contributed by atoms with Gasteiger partial charge in [-0.05, 0) is 36.1 Å². The Balaban J connectivity index is 1.63. The average Bonchev–Trinajstić information content (AvgIpc) is 2.79. The van der Waals surface area contributed by atoms with Crippen molar-refractivity contribution in [3.05, 3.63) is 87.3 Å². The summed E-state index contributed by atoms with van der Waals surface area (Å²) in [4.78, 5) is 41.1. The summed E-state index contributed by atoms with van der Waals surface area (Å²) in [5.41, 5.74) is 1.68. The first-order valence-corrected chi connectivity index (χ1v) is 9.88. The number of anilines is 1. The van der Waals surface area contributed by atoms with Gasteiger partial charge in [-0.3, -0.25) is 14.4 Å². The third-order valence-corrected chi connectivity index (χ3v) is 5.48. The van der Waals surface area contributed by atoms with Crippen LogP contribution in [0.4, 0.5) is 5.69 Å². The van der Waals surface area contributed by atoms with Crippen LogP contribution in [0.25, 0.3) is 0 Å². The van der Waals surface area contributed by atoms with E-state index in [0.29, 0.717) is 41.3 Å². The lowest BCUT2D eigenvalue weighted by Gasteiger charge is -2.24. The number of rotatable bonds is 5. The number of Topliss-reactive ketones (excluding diaryl/α,β-unsaturated/α-hetero) is 1. The second kappa shape index (κ2) is 8.47. The highest BCUT2D eigenvalue weighted by molar-refractivity contribution is 6.07. The second-order valence-electron chi connectivity index (χ2n) is 7.36. The Kier molecular flexibility index (Phi) is 5.58. The van der Waals surface area contributed by atoms with Crippen LogP contribution in [0.2, 0.25) is 0 Å². The van der Waals surface area contributed by atoms with Gasteiger partial charge < -0.3 is 19.8 Å². The van der Waals surface area contributed by atoms with Crippen molar-refractivity contribution in [2.45, 2.75) is 18.8 Å². The molecule has 158 valence electrons. The van der Waals surface area contributed by atoms with Crippen LogP contribution in [-0.4, -0.2) is 30.9 Å². The number of ketones is 1. The van der Waals surface area contributed by atoms with Crippen molar-refractivity contribution < 1.29 is 19.1 Å². The van der Waals surface area contributed by atoms with E-state index in [1.807, 2.05) is 30.3 Å². The number of amides is 1. The summed E-state index contributed by atoms with van der Waals surface area (Å²) in [7, 11) is 2.99.